The highest BCUT2D eigenvalue weighted by atomic mass is 16.2. The molecule has 0 unspecified atom stereocenters. The molecule has 0 aliphatic carbocycles. The number of nitriles is 1. The standard InChI is InChI=1S/C16H23N3O/c1-5-11(2)14(18)15(20)19-13-8-6-12(7-9-13)16(3,4)10-17/h6-9,11,14H,5,18H2,1-4H3,(H,19,20)/t11-,14-/m0/s1. The van der Waals surface area contributed by atoms with Gasteiger partial charge < -0.3 is 11.1 Å². The molecule has 0 fully saturated rings. The predicted octanol–water partition coefficient (Wildman–Crippen LogP) is 2.80. The molecule has 1 amide bonds. The summed E-state index contributed by atoms with van der Waals surface area (Å²) < 4.78 is 0. The summed E-state index contributed by atoms with van der Waals surface area (Å²) in [5, 5.41) is 11.9. The maximum Gasteiger partial charge on any atom is 0.241 e. The smallest absolute Gasteiger partial charge is 0.241 e. The second-order valence-corrected chi connectivity index (χ2v) is 5.71. The van der Waals surface area contributed by atoms with Gasteiger partial charge >= 0.3 is 0 Å². The molecule has 20 heavy (non-hydrogen) atoms. The molecule has 108 valence electrons. The Bertz CT molecular complexity index is 499. The van der Waals surface area contributed by atoms with Crippen LogP contribution in [0.3, 0.4) is 0 Å². The Labute approximate surface area is 121 Å². The zero-order chi connectivity index (χ0) is 15.3. The van der Waals surface area contributed by atoms with E-state index in [4.69, 9.17) is 11.0 Å². The second kappa shape index (κ2) is 6.53. The first kappa shape index (κ1) is 16.2. The quantitative estimate of drug-likeness (QED) is 0.865. The van der Waals surface area contributed by atoms with Crippen LogP contribution in [0.5, 0.6) is 0 Å². The van der Waals surface area contributed by atoms with E-state index in [0.29, 0.717) is 5.69 Å². The molecule has 0 spiro atoms. The summed E-state index contributed by atoms with van der Waals surface area (Å²) in [4.78, 5) is 12.0. The van der Waals surface area contributed by atoms with E-state index < -0.39 is 11.5 Å². The third-order valence-corrected chi connectivity index (χ3v) is 3.71. The number of hydrogen-bond donors (Lipinski definition) is 2. The molecule has 0 heterocycles. The average molecular weight is 273 g/mol. The first-order chi connectivity index (χ1) is 9.31. The molecule has 0 saturated heterocycles. The molecular formula is C16H23N3O. The topological polar surface area (TPSA) is 78.9 Å². The maximum absolute atomic E-state index is 12.0. The maximum atomic E-state index is 12.0. The largest absolute Gasteiger partial charge is 0.325 e. The molecule has 1 aromatic rings. The molecule has 3 N–H and O–H groups in total. The summed E-state index contributed by atoms with van der Waals surface area (Å²) >= 11 is 0. The number of hydrogen-bond acceptors (Lipinski definition) is 3. The SMILES string of the molecule is CC[C@H](C)[C@H](N)C(=O)Nc1ccc(C(C)(C)C#N)cc1. The van der Waals surface area contributed by atoms with Gasteiger partial charge in [-0.3, -0.25) is 4.79 Å². The Morgan fingerprint density at radius 3 is 2.40 bits per heavy atom. The normalized spacial score (nSPS) is 14.2. The van der Waals surface area contributed by atoms with Crippen molar-refractivity contribution in [1.29, 1.82) is 5.26 Å². The number of anilines is 1. The summed E-state index contributed by atoms with van der Waals surface area (Å²) in [6.07, 6.45) is 0.865. The van der Waals surface area contributed by atoms with Crippen molar-refractivity contribution >= 4 is 11.6 Å². The van der Waals surface area contributed by atoms with Gasteiger partial charge in [0, 0.05) is 5.69 Å². The Balaban J connectivity index is 2.76. The summed E-state index contributed by atoms with van der Waals surface area (Å²) in [6.45, 7) is 7.69. The van der Waals surface area contributed by atoms with Crippen molar-refractivity contribution in [2.75, 3.05) is 5.32 Å². The average Bonchev–Trinajstić information content (AvgIpc) is 2.46. The molecule has 0 aliphatic heterocycles. The third kappa shape index (κ3) is 3.82. The van der Waals surface area contributed by atoms with Crippen LogP contribution in [0.25, 0.3) is 0 Å². The predicted molar refractivity (Wildman–Crippen MR) is 81.1 cm³/mol. The molecule has 0 radical (unpaired) electrons. The van der Waals surface area contributed by atoms with Crippen LogP contribution < -0.4 is 11.1 Å². The van der Waals surface area contributed by atoms with Crippen LogP contribution in [-0.2, 0) is 10.2 Å². The molecule has 0 bridgehead atoms. The lowest BCUT2D eigenvalue weighted by Gasteiger charge is -2.19. The van der Waals surface area contributed by atoms with Crippen molar-refractivity contribution in [2.24, 2.45) is 11.7 Å². The molecule has 1 rings (SSSR count). The highest BCUT2D eigenvalue weighted by Gasteiger charge is 2.21. The van der Waals surface area contributed by atoms with Crippen LogP contribution in [0.4, 0.5) is 5.69 Å². The Hall–Kier alpha value is -1.86. The monoisotopic (exact) mass is 273 g/mol. The summed E-state index contributed by atoms with van der Waals surface area (Å²) in [5.41, 5.74) is 6.97. The van der Waals surface area contributed by atoms with Gasteiger partial charge in [-0.05, 0) is 37.5 Å². The molecule has 4 nitrogen and oxygen atoms in total. The van der Waals surface area contributed by atoms with Gasteiger partial charge in [0.2, 0.25) is 5.91 Å². The van der Waals surface area contributed by atoms with E-state index in [1.54, 1.807) is 12.1 Å². The van der Waals surface area contributed by atoms with Gasteiger partial charge in [0.05, 0.1) is 17.5 Å². The first-order valence-electron chi connectivity index (χ1n) is 6.90. The van der Waals surface area contributed by atoms with Gasteiger partial charge in [-0.15, -0.1) is 0 Å². The van der Waals surface area contributed by atoms with Crippen LogP contribution in [0.15, 0.2) is 24.3 Å². The van der Waals surface area contributed by atoms with Crippen molar-refractivity contribution in [3.8, 4) is 6.07 Å². The van der Waals surface area contributed by atoms with E-state index in [1.807, 2.05) is 39.8 Å². The molecule has 4 heteroatoms. The number of carbonyl (C=O) groups excluding carboxylic acids is 1. The van der Waals surface area contributed by atoms with Gasteiger partial charge in [-0.25, -0.2) is 0 Å². The minimum Gasteiger partial charge on any atom is -0.325 e. The molecule has 0 aliphatic rings. The van der Waals surface area contributed by atoms with Crippen LogP contribution in [-0.4, -0.2) is 11.9 Å². The zero-order valence-electron chi connectivity index (χ0n) is 12.6. The van der Waals surface area contributed by atoms with Crippen molar-refractivity contribution in [3.63, 3.8) is 0 Å². The van der Waals surface area contributed by atoms with E-state index in [0.717, 1.165) is 12.0 Å². The molecule has 1 aromatic carbocycles. The van der Waals surface area contributed by atoms with Crippen LogP contribution in [0, 0.1) is 17.2 Å². The lowest BCUT2D eigenvalue weighted by Crippen LogP contribution is -2.40. The summed E-state index contributed by atoms with van der Waals surface area (Å²) in [5.74, 6) is -0.0292. The first-order valence-corrected chi connectivity index (χ1v) is 6.90. The lowest BCUT2D eigenvalue weighted by molar-refractivity contribution is -0.118. The number of nitrogens with two attached hydrogens (primary N) is 1. The van der Waals surface area contributed by atoms with E-state index >= 15 is 0 Å². The van der Waals surface area contributed by atoms with Gasteiger partial charge in [0.1, 0.15) is 0 Å². The fraction of sp³-hybridized carbons (Fsp3) is 0.500. The Kier molecular flexibility index (Phi) is 5.29. The van der Waals surface area contributed by atoms with Crippen molar-refractivity contribution in [3.05, 3.63) is 29.8 Å². The highest BCUT2D eigenvalue weighted by Crippen LogP contribution is 2.23. The van der Waals surface area contributed by atoms with Crippen molar-refractivity contribution in [1.82, 2.24) is 0 Å². The van der Waals surface area contributed by atoms with Crippen LogP contribution >= 0.6 is 0 Å². The minimum absolute atomic E-state index is 0.145. The Morgan fingerprint density at radius 1 is 1.40 bits per heavy atom. The Morgan fingerprint density at radius 2 is 1.95 bits per heavy atom. The lowest BCUT2D eigenvalue weighted by atomic mass is 9.86. The summed E-state index contributed by atoms with van der Waals surface area (Å²) in [6, 6.07) is 9.06. The summed E-state index contributed by atoms with van der Waals surface area (Å²) in [7, 11) is 0. The van der Waals surface area contributed by atoms with Crippen molar-refractivity contribution < 1.29 is 4.79 Å². The fourth-order valence-electron chi connectivity index (χ4n) is 1.77. The van der Waals surface area contributed by atoms with Crippen LogP contribution in [0.1, 0.15) is 39.7 Å². The number of nitrogens with zero attached hydrogens (tertiary/aromatic N) is 1. The van der Waals surface area contributed by atoms with E-state index in [1.165, 1.54) is 0 Å². The highest BCUT2D eigenvalue weighted by molar-refractivity contribution is 5.94. The minimum atomic E-state index is -0.532. The van der Waals surface area contributed by atoms with Gasteiger partial charge in [0.25, 0.3) is 0 Å². The molecule has 0 aromatic heterocycles. The molecular weight excluding hydrogens is 250 g/mol. The third-order valence-electron chi connectivity index (χ3n) is 3.71. The second-order valence-electron chi connectivity index (χ2n) is 5.71. The number of amides is 1. The number of rotatable bonds is 5. The van der Waals surface area contributed by atoms with E-state index in [-0.39, 0.29) is 11.8 Å². The van der Waals surface area contributed by atoms with Gasteiger partial charge in [0.15, 0.2) is 0 Å². The zero-order valence-corrected chi connectivity index (χ0v) is 12.6. The van der Waals surface area contributed by atoms with E-state index in [2.05, 4.69) is 11.4 Å². The van der Waals surface area contributed by atoms with E-state index in [9.17, 15) is 4.79 Å². The molecule has 0 saturated carbocycles. The van der Waals surface area contributed by atoms with Gasteiger partial charge in [-0.1, -0.05) is 32.4 Å². The number of benzene rings is 1. The van der Waals surface area contributed by atoms with Crippen molar-refractivity contribution in [2.45, 2.75) is 45.6 Å². The fourth-order valence-corrected chi connectivity index (χ4v) is 1.77. The number of nitrogens with one attached hydrogen (secondary N) is 1. The van der Waals surface area contributed by atoms with Crippen LogP contribution in [0.2, 0.25) is 0 Å². The number of carbonyl (C=O) groups is 1. The molecule has 2 atom stereocenters. The van der Waals surface area contributed by atoms with Gasteiger partial charge in [-0.2, -0.15) is 5.26 Å².